The van der Waals surface area contributed by atoms with Gasteiger partial charge in [-0.05, 0) is 42.2 Å². The van der Waals surface area contributed by atoms with Gasteiger partial charge in [-0.25, -0.2) is 13.8 Å². The quantitative estimate of drug-likeness (QED) is 0.652. The SMILES string of the molecule is O=C(CCc1ncc(-c2ccc(F)cc2F)o1)NC1CCc2c(Cl)cccc21. The number of carbonyl (C=O) groups is 1. The van der Waals surface area contributed by atoms with Crippen molar-refractivity contribution < 1.29 is 18.0 Å². The van der Waals surface area contributed by atoms with Crippen molar-refractivity contribution in [3.63, 3.8) is 0 Å². The van der Waals surface area contributed by atoms with E-state index < -0.39 is 11.6 Å². The van der Waals surface area contributed by atoms with E-state index in [2.05, 4.69) is 10.3 Å². The number of carbonyl (C=O) groups excluding carboxylic acids is 1. The zero-order valence-electron chi connectivity index (χ0n) is 14.8. The Balaban J connectivity index is 1.36. The lowest BCUT2D eigenvalue weighted by Gasteiger charge is -2.14. The Kier molecular flexibility index (Phi) is 5.13. The maximum absolute atomic E-state index is 13.8. The van der Waals surface area contributed by atoms with Crippen molar-refractivity contribution in [3.05, 3.63) is 76.3 Å². The van der Waals surface area contributed by atoms with E-state index in [4.69, 9.17) is 16.0 Å². The predicted molar refractivity (Wildman–Crippen MR) is 101 cm³/mol. The van der Waals surface area contributed by atoms with E-state index in [9.17, 15) is 13.6 Å². The highest BCUT2D eigenvalue weighted by Crippen LogP contribution is 2.35. The molecule has 0 spiro atoms. The molecular weight excluding hydrogens is 386 g/mol. The van der Waals surface area contributed by atoms with E-state index in [-0.39, 0.29) is 36.1 Å². The molecule has 0 radical (unpaired) electrons. The van der Waals surface area contributed by atoms with Gasteiger partial charge in [0.25, 0.3) is 0 Å². The predicted octanol–water partition coefficient (Wildman–Crippen LogP) is 5.01. The number of hydrogen-bond acceptors (Lipinski definition) is 3. The molecule has 2 aromatic carbocycles. The molecule has 1 unspecified atom stereocenters. The molecule has 1 aliphatic rings. The molecule has 4 rings (SSSR count). The van der Waals surface area contributed by atoms with Crippen LogP contribution in [0.15, 0.2) is 47.0 Å². The van der Waals surface area contributed by atoms with Gasteiger partial charge in [-0.2, -0.15) is 0 Å². The summed E-state index contributed by atoms with van der Waals surface area (Å²) in [6.45, 7) is 0. The average Bonchev–Trinajstić information content (AvgIpc) is 3.28. The summed E-state index contributed by atoms with van der Waals surface area (Å²) < 4.78 is 32.4. The molecule has 1 aliphatic carbocycles. The molecule has 1 N–H and O–H groups in total. The highest BCUT2D eigenvalue weighted by Gasteiger charge is 2.25. The molecule has 0 fully saturated rings. The number of aryl methyl sites for hydroxylation is 1. The van der Waals surface area contributed by atoms with Gasteiger partial charge in [0.15, 0.2) is 11.7 Å². The Hall–Kier alpha value is -2.73. The van der Waals surface area contributed by atoms with Crippen LogP contribution in [0.25, 0.3) is 11.3 Å². The molecule has 1 amide bonds. The molecule has 144 valence electrons. The average molecular weight is 403 g/mol. The van der Waals surface area contributed by atoms with E-state index in [1.807, 2.05) is 18.2 Å². The number of benzene rings is 2. The van der Waals surface area contributed by atoms with Crippen LogP contribution in [0.5, 0.6) is 0 Å². The molecule has 1 aromatic heterocycles. The molecule has 0 saturated carbocycles. The van der Waals surface area contributed by atoms with Crippen molar-refractivity contribution in [2.24, 2.45) is 0 Å². The van der Waals surface area contributed by atoms with E-state index >= 15 is 0 Å². The number of oxazole rings is 1. The summed E-state index contributed by atoms with van der Waals surface area (Å²) >= 11 is 6.20. The minimum Gasteiger partial charge on any atom is -0.441 e. The number of hydrogen-bond donors (Lipinski definition) is 1. The molecule has 1 atom stereocenters. The van der Waals surface area contributed by atoms with Crippen LogP contribution in [0.3, 0.4) is 0 Å². The van der Waals surface area contributed by atoms with Crippen LogP contribution < -0.4 is 5.32 Å². The first-order valence-corrected chi connectivity index (χ1v) is 9.36. The van der Waals surface area contributed by atoms with Crippen molar-refractivity contribution in [2.45, 2.75) is 31.7 Å². The maximum Gasteiger partial charge on any atom is 0.220 e. The van der Waals surface area contributed by atoms with Gasteiger partial charge < -0.3 is 9.73 Å². The summed E-state index contributed by atoms with van der Waals surface area (Å²) in [5, 5.41) is 3.75. The number of fused-ring (bicyclic) bond motifs is 1. The normalized spacial score (nSPS) is 15.5. The third-order valence-electron chi connectivity index (χ3n) is 4.86. The lowest BCUT2D eigenvalue weighted by molar-refractivity contribution is -0.121. The third-order valence-corrected chi connectivity index (χ3v) is 5.22. The summed E-state index contributed by atoms with van der Waals surface area (Å²) in [5.74, 6) is -0.979. The third kappa shape index (κ3) is 3.78. The first-order chi connectivity index (χ1) is 13.5. The lowest BCUT2D eigenvalue weighted by atomic mass is 10.1. The standard InChI is InChI=1S/C21H17ClF2N2O2/c22-16-3-1-2-14-13(16)6-7-18(14)26-20(27)8-9-21-25-11-19(28-21)15-5-4-12(23)10-17(15)24/h1-5,10-11,18H,6-9H2,(H,26,27). The summed E-state index contributed by atoms with van der Waals surface area (Å²) in [6, 6.07) is 8.91. The van der Waals surface area contributed by atoms with Crippen LogP contribution in [-0.2, 0) is 17.6 Å². The minimum absolute atomic E-state index is 0.0466. The fraction of sp³-hybridized carbons (Fsp3) is 0.238. The zero-order valence-corrected chi connectivity index (χ0v) is 15.6. The Bertz CT molecular complexity index is 1030. The topological polar surface area (TPSA) is 55.1 Å². The fourth-order valence-corrected chi connectivity index (χ4v) is 3.76. The first-order valence-electron chi connectivity index (χ1n) is 8.98. The molecule has 3 aromatic rings. The molecular formula is C21H17ClF2N2O2. The van der Waals surface area contributed by atoms with Crippen molar-refractivity contribution in [2.75, 3.05) is 0 Å². The number of nitrogens with one attached hydrogen (secondary N) is 1. The van der Waals surface area contributed by atoms with Gasteiger partial charge in [0.2, 0.25) is 5.91 Å². The minimum atomic E-state index is -0.723. The van der Waals surface area contributed by atoms with E-state index in [0.29, 0.717) is 5.89 Å². The molecule has 28 heavy (non-hydrogen) atoms. The maximum atomic E-state index is 13.8. The van der Waals surface area contributed by atoms with Gasteiger partial charge in [-0.3, -0.25) is 4.79 Å². The Morgan fingerprint density at radius 3 is 2.96 bits per heavy atom. The Labute approximate surface area is 165 Å². The second-order valence-electron chi connectivity index (χ2n) is 6.71. The van der Waals surface area contributed by atoms with E-state index in [1.54, 1.807) is 0 Å². The van der Waals surface area contributed by atoms with Gasteiger partial charge in [-0.1, -0.05) is 23.7 Å². The van der Waals surface area contributed by atoms with Gasteiger partial charge in [0.1, 0.15) is 11.6 Å². The van der Waals surface area contributed by atoms with Gasteiger partial charge in [0.05, 0.1) is 17.8 Å². The van der Waals surface area contributed by atoms with E-state index in [0.717, 1.165) is 41.1 Å². The molecule has 1 heterocycles. The first kappa shape index (κ1) is 18.6. The highest BCUT2D eigenvalue weighted by atomic mass is 35.5. The number of amides is 1. The molecule has 4 nitrogen and oxygen atoms in total. The summed E-state index contributed by atoms with van der Waals surface area (Å²) in [7, 11) is 0. The number of halogens is 3. The Morgan fingerprint density at radius 2 is 2.14 bits per heavy atom. The number of rotatable bonds is 5. The van der Waals surface area contributed by atoms with Crippen LogP contribution in [0, 0.1) is 11.6 Å². The summed E-state index contributed by atoms with van der Waals surface area (Å²) in [6.07, 6.45) is 3.50. The van der Waals surface area contributed by atoms with Crippen LogP contribution in [-0.4, -0.2) is 10.9 Å². The monoisotopic (exact) mass is 402 g/mol. The molecule has 0 bridgehead atoms. The van der Waals surface area contributed by atoms with Crippen molar-refractivity contribution in [1.82, 2.24) is 10.3 Å². The summed E-state index contributed by atoms with van der Waals surface area (Å²) in [4.78, 5) is 16.4. The van der Waals surface area contributed by atoms with Crippen LogP contribution in [0.4, 0.5) is 8.78 Å². The number of nitrogens with zero attached hydrogens (tertiary/aromatic N) is 1. The smallest absolute Gasteiger partial charge is 0.220 e. The van der Waals surface area contributed by atoms with Crippen molar-refractivity contribution in [3.8, 4) is 11.3 Å². The van der Waals surface area contributed by atoms with Crippen molar-refractivity contribution >= 4 is 17.5 Å². The zero-order chi connectivity index (χ0) is 19.7. The molecule has 7 heteroatoms. The fourth-order valence-electron chi connectivity index (χ4n) is 3.49. The van der Waals surface area contributed by atoms with Gasteiger partial charge >= 0.3 is 0 Å². The van der Waals surface area contributed by atoms with Crippen molar-refractivity contribution in [1.29, 1.82) is 0 Å². The molecule has 0 aliphatic heterocycles. The largest absolute Gasteiger partial charge is 0.441 e. The van der Waals surface area contributed by atoms with Crippen LogP contribution >= 0.6 is 11.6 Å². The second kappa shape index (κ2) is 7.72. The van der Waals surface area contributed by atoms with Gasteiger partial charge in [0, 0.05) is 23.9 Å². The van der Waals surface area contributed by atoms with Crippen LogP contribution in [0.1, 0.15) is 35.9 Å². The second-order valence-corrected chi connectivity index (χ2v) is 7.12. The highest BCUT2D eigenvalue weighted by molar-refractivity contribution is 6.31. The van der Waals surface area contributed by atoms with Crippen LogP contribution in [0.2, 0.25) is 5.02 Å². The lowest BCUT2D eigenvalue weighted by Crippen LogP contribution is -2.27. The molecule has 0 saturated heterocycles. The Morgan fingerprint density at radius 1 is 1.29 bits per heavy atom. The number of aromatic nitrogens is 1. The summed E-state index contributed by atoms with van der Waals surface area (Å²) in [5.41, 5.74) is 2.28. The van der Waals surface area contributed by atoms with Gasteiger partial charge in [-0.15, -0.1) is 0 Å². The van der Waals surface area contributed by atoms with E-state index in [1.165, 1.54) is 12.3 Å².